The van der Waals surface area contributed by atoms with Crippen LogP contribution < -0.4 is 5.32 Å². The molecule has 2 aliphatic heterocycles. The second-order valence-corrected chi connectivity index (χ2v) is 4.53. The fourth-order valence-electron chi connectivity index (χ4n) is 2.64. The molecule has 5 heteroatoms. The Bertz CT molecular complexity index is 543. The van der Waals surface area contributed by atoms with Gasteiger partial charge in [-0.15, -0.1) is 0 Å². The second-order valence-electron chi connectivity index (χ2n) is 4.53. The normalized spacial score (nSPS) is 26.6. The summed E-state index contributed by atoms with van der Waals surface area (Å²) >= 11 is 0. The quantitative estimate of drug-likeness (QED) is 0.715. The Morgan fingerprint density at radius 1 is 1.41 bits per heavy atom. The first-order valence-electron chi connectivity index (χ1n) is 5.43. The number of hydrogen-bond donors (Lipinski definition) is 1. The average Bonchev–Trinajstić information content (AvgIpc) is 2.73. The van der Waals surface area contributed by atoms with Gasteiger partial charge in [-0.2, -0.15) is 0 Å². The van der Waals surface area contributed by atoms with E-state index in [4.69, 9.17) is 0 Å². The molecule has 0 aliphatic carbocycles. The summed E-state index contributed by atoms with van der Waals surface area (Å²) in [6.07, 6.45) is 0.534. The van der Waals surface area contributed by atoms with E-state index in [9.17, 15) is 14.0 Å². The maximum Gasteiger partial charge on any atom is 0.252 e. The Balaban J connectivity index is 2.20. The monoisotopic (exact) mass is 234 g/mol. The van der Waals surface area contributed by atoms with Crippen LogP contribution in [0.3, 0.4) is 0 Å². The van der Waals surface area contributed by atoms with Gasteiger partial charge >= 0.3 is 0 Å². The molecule has 3 rings (SSSR count). The van der Waals surface area contributed by atoms with E-state index in [1.54, 1.807) is 11.9 Å². The van der Waals surface area contributed by atoms with Crippen molar-refractivity contribution < 1.29 is 14.0 Å². The van der Waals surface area contributed by atoms with Gasteiger partial charge in [-0.1, -0.05) is 6.07 Å². The number of likely N-dealkylation sites (N-methyl/N-ethyl adjacent to an activating group) is 1. The molecule has 1 fully saturated rings. The number of hydrogen-bond acceptors (Lipinski definition) is 2. The molecule has 1 spiro atoms. The number of nitrogens with one attached hydrogen (secondary N) is 1. The zero-order chi connectivity index (χ0) is 12.2. The van der Waals surface area contributed by atoms with Crippen LogP contribution in [-0.4, -0.2) is 30.3 Å². The molecule has 1 atom stereocenters. The van der Waals surface area contributed by atoms with Crippen molar-refractivity contribution in [3.8, 4) is 0 Å². The van der Waals surface area contributed by atoms with E-state index in [2.05, 4.69) is 5.32 Å². The molecule has 0 unspecified atom stereocenters. The first-order valence-corrected chi connectivity index (χ1v) is 5.43. The average molecular weight is 234 g/mol. The number of rotatable bonds is 0. The van der Waals surface area contributed by atoms with E-state index < -0.39 is 11.4 Å². The van der Waals surface area contributed by atoms with Crippen LogP contribution in [0.4, 0.5) is 4.39 Å². The maximum absolute atomic E-state index is 13.1. The number of halogens is 1. The van der Waals surface area contributed by atoms with Crippen molar-refractivity contribution in [3.05, 3.63) is 35.1 Å². The van der Waals surface area contributed by atoms with Gasteiger partial charge in [-0.25, -0.2) is 4.39 Å². The van der Waals surface area contributed by atoms with Gasteiger partial charge in [0.15, 0.2) is 0 Å². The number of carbonyl (C=O) groups is 2. The first-order chi connectivity index (χ1) is 8.04. The Morgan fingerprint density at radius 3 is 2.82 bits per heavy atom. The van der Waals surface area contributed by atoms with Gasteiger partial charge in [0.1, 0.15) is 11.4 Å². The molecule has 2 heterocycles. The van der Waals surface area contributed by atoms with Crippen molar-refractivity contribution >= 4 is 11.8 Å². The number of benzene rings is 1. The molecule has 4 nitrogen and oxygen atoms in total. The summed E-state index contributed by atoms with van der Waals surface area (Å²) in [6, 6.07) is 4.00. The summed E-state index contributed by atoms with van der Waals surface area (Å²) in [4.78, 5) is 25.5. The van der Waals surface area contributed by atoms with E-state index in [0.717, 1.165) is 0 Å². The molecule has 17 heavy (non-hydrogen) atoms. The third kappa shape index (κ3) is 1.16. The highest BCUT2D eigenvalue weighted by atomic mass is 19.1. The lowest BCUT2D eigenvalue weighted by Gasteiger charge is -2.22. The topological polar surface area (TPSA) is 49.4 Å². The number of nitrogens with zero attached hydrogens (tertiary/aromatic N) is 1. The molecule has 0 aromatic heterocycles. The molecule has 1 saturated heterocycles. The van der Waals surface area contributed by atoms with Gasteiger partial charge in [-0.3, -0.25) is 9.59 Å². The van der Waals surface area contributed by atoms with Crippen LogP contribution in [-0.2, 0) is 10.3 Å². The van der Waals surface area contributed by atoms with Crippen LogP contribution in [0, 0.1) is 5.82 Å². The van der Waals surface area contributed by atoms with E-state index in [-0.39, 0.29) is 17.4 Å². The van der Waals surface area contributed by atoms with Crippen molar-refractivity contribution in [1.82, 2.24) is 10.2 Å². The van der Waals surface area contributed by atoms with Crippen molar-refractivity contribution in [1.29, 1.82) is 0 Å². The highest BCUT2D eigenvalue weighted by Crippen LogP contribution is 2.39. The standard InChI is InChI=1S/C12H11FN2O2/c1-15-5-4-12(11(15)17)9-3-2-7(13)6-8(9)10(16)14-12/h2-3,6H,4-5H2,1H3,(H,14,16)/t12-/m0/s1. The third-order valence-electron chi connectivity index (χ3n) is 3.55. The summed E-state index contributed by atoms with van der Waals surface area (Å²) in [5, 5.41) is 2.71. The number of amides is 2. The predicted octanol–water partition coefficient (Wildman–Crippen LogP) is 0.626. The number of fused-ring (bicyclic) bond motifs is 2. The van der Waals surface area contributed by atoms with Crippen molar-refractivity contribution in [3.63, 3.8) is 0 Å². The van der Waals surface area contributed by atoms with Crippen LogP contribution in [0.2, 0.25) is 0 Å². The lowest BCUT2D eigenvalue weighted by atomic mass is 9.89. The SMILES string of the molecule is CN1CC[C@@]2(NC(=O)c3cc(F)ccc32)C1=O. The Morgan fingerprint density at radius 2 is 2.18 bits per heavy atom. The number of likely N-dealkylation sites (tertiary alicyclic amines) is 1. The third-order valence-corrected chi connectivity index (χ3v) is 3.55. The highest BCUT2D eigenvalue weighted by molar-refractivity contribution is 6.07. The zero-order valence-corrected chi connectivity index (χ0v) is 9.29. The first kappa shape index (κ1) is 10.3. The van der Waals surface area contributed by atoms with Gasteiger partial charge in [0, 0.05) is 25.6 Å². The fourth-order valence-corrected chi connectivity index (χ4v) is 2.64. The number of carbonyl (C=O) groups excluding carboxylic acids is 2. The van der Waals surface area contributed by atoms with Gasteiger partial charge in [0.05, 0.1) is 0 Å². The molecule has 0 radical (unpaired) electrons. The molecule has 1 N–H and O–H groups in total. The summed E-state index contributed by atoms with van der Waals surface area (Å²) in [7, 11) is 1.70. The van der Waals surface area contributed by atoms with Crippen molar-refractivity contribution in [2.75, 3.05) is 13.6 Å². The fraction of sp³-hybridized carbons (Fsp3) is 0.333. The Hall–Kier alpha value is -1.91. The predicted molar refractivity (Wildman–Crippen MR) is 57.8 cm³/mol. The van der Waals surface area contributed by atoms with Crippen LogP contribution >= 0.6 is 0 Å². The van der Waals surface area contributed by atoms with Crippen LogP contribution in [0.25, 0.3) is 0 Å². The maximum atomic E-state index is 13.1. The van der Waals surface area contributed by atoms with Crippen molar-refractivity contribution in [2.45, 2.75) is 12.0 Å². The minimum atomic E-state index is -0.963. The van der Waals surface area contributed by atoms with Gasteiger partial charge in [0.25, 0.3) is 11.8 Å². The summed E-state index contributed by atoms with van der Waals surface area (Å²) in [5.41, 5.74) is -0.0959. The highest BCUT2D eigenvalue weighted by Gasteiger charge is 2.53. The van der Waals surface area contributed by atoms with Gasteiger partial charge in [-0.05, 0) is 17.7 Å². The summed E-state index contributed by atoms with van der Waals surface area (Å²) in [5.74, 6) is -0.964. The van der Waals surface area contributed by atoms with Gasteiger partial charge in [0.2, 0.25) is 0 Å². The van der Waals surface area contributed by atoms with Crippen molar-refractivity contribution in [2.24, 2.45) is 0 Å². The minimum Gasteiger partial charge on any atom is -0.343 e. The molecule has 1 aromatic rings. The van der Waals surface area contributed by atoms with Gasteiger partial charge < -0.3 is 10.2 Å². The molecule has 1 aromatic carbocycles. The molecule has 2 aliphatic rings. The Kier molecular flexibility index (Phi) is 1.85. The lowest BCUT2D eigenvalue weighted by molar-refractivity contribution is -0.131. The molecule has 0 bridgehead atoms. The van der Waals surface area contributed by atoms with Crippen LogP contribution in [0.5, 0.6) is 0 Å². The zero-order valence-electron chi connectivity index (χ0n) is 9.29. The Labute approximate surface area is 97.4 Å². The molecule has 2 amide bonds. The summed E-state index contributed by atoms with van der Waals surface area (Å²) < 4.78 is 13.1. The van der Waals surface area contributed by atoms with Crippen LogP contribution in [0.1, 0.15) is 22.3 Å². The second kappa shape index (κ2) is 3.06. The molecule has 0 saturated carbocycles. The van der Waals surface area contributed by atoms with E-state index >= 15 is 0 Å². The molecule has 88 valence electrons. The minimum absolute atomic E-state index is 0.129. The molecular formula is C12H11FN2O2. The smallest absolute Gasteiger partial charge is 0.252 e. The largest absolute Gasteiger partial charge is 0.343 e. The lowest BCUT2D eigenvalue weighted by Crippen LogP contribution is -2.45. The van der Waals surface area contributed by atoms with E-state index in [1.807, 2.05) is 0 Å². The van der Waals surface area contributed by atoms with E-state index in [1.165, 1.54) is 18.2 Å². The molecular weight excluding hydrogens is 223 g/mol. The van der Waals surface area contributed by atoms with E-state index in [0.29, 0.717) is 18.5 Å². The van der Waals surface area contributed by atoms with Crippen LogP contribution in [0.15, 0.2) is 18.2 Å². The summed E-state index contributed by atoms with van der Waals surface area (Å²) in [6.45, 7) is 0.593.